The smallest absolute Gasteiger partial charge is 0.325 e. The quantitative estimate of drug-likeness (QED) is 0.317. The molecule has 0 fully saturated rings. The molecule has 0 amide bonds. The molecule has 0 aromatic rings. The van der Waals surface area contributed by atoms with Crippen LogP contribution in [0.25, 0.3) is 0 Å². The largest absolute Gasteiger partial charge is 0.423 e. The van der Waals surface area contributed by atoms with Gasteiger partial charge in [0.1, 0.15) is 0 Å². The minimum Gasteiger partial charge on any atom is -0.423 e. The number of hydrogen-bond donors (Lipinski definition) is 1. The lowest BCUT2D eigenvalue weighted by atomic mass is 10.2. The molecule has 0 aliphatic heterocycles. The fourth-order valence-electron chi connectivity index (χ4n) is 1.16. The predicted octanol–water partition coefficient (Wildman–Crippen LogP) is 2.08. The summed E-state index contributed by atoms with van der Waals surface area (Å²) >= 11 is 0. The predicted molar refractivity (Wildman–Crippen MR) is 72.0 cm³/mol. The standard InChI is InChI=1S/C12H23O7P/c1-9(2)11(14)19-12(3,4)18-10(13)7-6-8-17-20(5,15)16/h9H,6-8H2,1-5H3,(H,15,16). The molecule has 0 saturated carbocycles. The first-order valence-electron chi connectivity index (χ1n) is 6.32. The van der Waals surface area contributed by atoms with E-state index in [0.717, 1.165) is 6.66 Å². The zero-order valence-corrected chi connectivity index (χ0v) is 13.4. The molecule has 8 heteroatoms. The molecule has 0 aromatic heterocycles. The Balaban J connectivity index is 4.06. The van der Waals surface area contributed by atoms with Crippen LogP contribution in [0.15, 0.2) is 0 Å². The highest BCUT2D eigenvalue weighted by molar-refractivity contribution is 7.51. The fourth-order valence-corrected chi connectivity index (χ4v) is 1.62. The van der Waals surface area contributed by atoms with E-state index in [1.165, 1.54) is 13.8 Å². The van der Waals surface area contributed by atoms with Crippen molar-refractivity contribution in [3.63, 3.8) is 0 Å². The third kappa shape index (κ3) is 9.95. The second-order valence-electron chi connectivity index (χ2n) is 5.19. The molecule has 0 radical (unpaired) electrons. The summed E-state index contributed by atoms with van der Waals surface area (Å²) < 4.78 is 25.5. The van der Waals surface area contributed by atoms with E-state index in [1.807, 2.05) is 0 Å². The molecule has 0 aliphatic rings. The highest BCUT2D eigenvalue weighted by atomic mass is 31.2. The molecule has 0 rings (SSSR count). The second kappa shape index (κ2) is 7.76. The topological polar surface area (TPSA) is 99.1 Å². The Kier molecular flexibility index (Phi) is 7.41. The molecule has 0 heterocycles. The summed E-state index contributed by atoms with van der Waals surface area (Å²) in [5, 5.41) is 0. The van der Waals surface area contributed by atoms with Gasteiger partial charge < -0.3 is 18.9 Å². The Morgan fingerprint density at radius 1 is 1.25 bits per heavy atom. The highest BCUT2D eigenvalue weighted by Gasteiger charge is 2.28. The van der Waals surface area contributed by atoms with Crippen molar-refractivity contribution >= 4 is 19.5 Å². The van der Waals surface area contributed by atoms with Crippen molar-refractivity contribution in [2.75, 3.05) is 13.3 Å². The Bertz CT molecular complexity index is 383. The summed E-state index contributed by atoms with van der Waals surface area (Å²) in [6.07, 6.45) is 0.244. The van der Waals surface area contributed by atoms with Crippen LogP contribution in [0.4, 0.5) is 0 Å². The summed E-state index contributed by atoms with van der Waals surface area (Å²) in [5.41, 5.74) is 0. The average Bonchev–Trinajstić information content (AvgIpc) is 2.21. The third-order valence-corrected chi connectivity index (χ3v) is 2.70. The Labute approximate surface area is 119 Å². The molecule has 7 nitrogen and oxygen atoms in total. The molecule has 118 valence electrons. The van der Waals surface area contributed by atoms with Crippen LogP contribution in [-0.4, -0.2) is 35.9 Å². The van der Waals surface area contributed by atoms with Crippen molar-refractivity contribution < 1.29 is 33.0 Å². The van der Waals surface area contributed by atoms with Crippen molar-refractivity contribution in [2.24, 2.45) is 5.92 Å². The van der Waals surface area contributed by atoms with Crippen LogP contribution < -0.4 is 0 Å². The molecule has 0 saturated heterocycles. The first kappa shape index (κ1) is 19.1. The van der Waals surface area contributed by atoms with E-state index < -0.39 is 25.3 Å². The molecule has 1 N–H and O–H groups in total. The first-order valence-corrected chi connectivity index (χ1v) is 8.35. The second-order valence-corrected chi connectivity index (χ2v) is 7.05. The van der Waals surface area contributed by atoms with E-state index >= 15 is 0 Å². The van der Waals surface area contributed by atoms with E-state index in [-0.39, 0.29) is 25.4 Å². The fraction of sp³-hybridized carbons (Fsp3) is 0.833. The van der Waals surface area contributed by atoms with Crippen LogP contribution in [0, 0.1) is 5.92 Å². The van der Waals surface area contributed by atoms with Gasteiger partial charge in [-0.3, -0.25) is 14.2 Å². The maximum atomic E-state index is 11.5. The van der Waals surface area contributed by atoms with Crippen molar-refractivity contribution in [3.05, 3.63) is 0 Å². The number of ether oxygens (including phenoxy) is 2. The Morgan fingerprint density at radius 2 is 1.80 bits per heavy atom. The Morgan fingerprint density at radius 3 is 2.25 bits per heavy atom. The number of esters is 2. The van der Waals surface area contributed by atoms with Gasteiger partial charge in [-0.05, 0) is 6.42 Å². The summed E-state index contributed by atoms with van der Waals surface area (Å²) in [7, 11) is -3.52. The minimum atomic E-state index is -3.52. The number of carbonyl (C=O) groups excluding carboxylic acids is 2. The number of carbonyl (C=O) groups is 2. The van der Waals surface area contributed by atoms with Crippen LogP contribution in [0.1, 0.15) is 40.5 Å². The van der Waals surface area contributed by atoms with E-state index in [4.69, 9.17) is 14.4 Å². The number of rotatable bonds is 8. The molecular weight excluding hydrogens is 287 g/mol. The molecule has 1 atom stereocenters. The maximum absolute atomic E-state index is 11.5. The lowest BCUT2D eigenvalue weighted by molar-refractivity contribution is -0.218. The van der Waals surface area contributed by atoms with E-state index in [9.17, 15) is 14.2 Å². The van der Waals surface area contributed by atoms with Gasteiger partial charge in [-0.1, -0.05) is 13.8 Å². The van der Waals surface area contributed by atoms with Crippen molar-refractivity contribution in [3.8, 4) is 0 Å². The third-order valence-electron chi connectivity index (χ3n) is 2.03. The molecule has 0 bridgehead atoms. The molecule has 0 aliphatic carbocycles. The lowest BCUT2D eigenvalue weighted by Gasteiger charge is -2.25. The van der Waals surface area contributed by atoms with Crippen LogP contribution in [0.5, 0.6) is 0 Å². The molecule has 0 aromatic carbocycles. The zero-order chi connectivity index (χ0) is 16.0. The summed E-state index contributed by atoms with van der Waals surface area (Å²) in [4.78, 5) is 31.8. The van der Waals surface area contributed by atoms with Crippen LogP contribution in [0.2, 0.25) is 0 Å². The van der Waals surface area contributed by atoms with Crippen molar-refractivity contribution in [1.29, 1.82) is 0 Å². The molecule has 20 heavy (non-hydrogen) atoms. The van der Waals surface area contributed by atoms with Gasteiger partial charge in [0, 0.05) is 26.9 Å². The van der Waals surface area contributed by atoms with E-state index in [1.54, 1.807) is 13.8 Å². The van der Waals surface area contributed by atoms with Crippen molar-refractivity contribution in [2.45, 2.75) is 46.3 Å². The highest BCUT2D eigenvalue weighted by Crippen LogP contribution is 2.36. The number of hydrogen-bond acceptors (Lipinski definition) is 6. The lowest BCUT2D eigenvalue weighted by Crippen LogP contribution is -2.35. The molecule has 0 spiro atoms. The van der Waals surface area contributed by atoms with E-state index in [2.05, 4.69) is 4.52 Å². The average molecular weight is 310 g/mol. The first-order chi connectivity index (χ1) is 8.93. The van der Waals surface area contributed by atoms with Gasteiger partial charge in [0.25, 0.3) is 5.79 Å². The van der Waals surface area contributed by atoms with Gasteiger partial charge in [-0.15, -0.1) is 0 Å². The maximum Gasteiger partial charge on any atom is 0.325 e. The zero-order valence-electron chi connectivity index (χ0n) is 12.5. The van der Waals surface area contributed by atoms with Crippen LogP contribution in [-0.2, 0) is 28.2 Å². The van der Waals surface area contributed by atoms with E-state index in [0.29, 0.717) is 0 Å². The minimum absolute atomic E-state index is 0.00264. The van der Waals surface area contributed by atoms with Gasteiger partial charge >= 0.3 is 19.5 Å². The van der Waals surface area contributed by atoms with Crippen LogP contribution in [0.3, 0.4) is 0 Å². The molecular formula is C12H23O7P. The van der Waals surface area contributed by atoms with Crippen LogP contribution >= 0.6 is 7.60 Å². The summed E-state index contributed by atoms with van der Waals surface area (Å²) in [6, 6.07) is 0. The summed E-state index contributed by atoms with van der Waals surface area (Å²) in [5.74, 6) is -2.68. The van der Waals surface area contributed by atoms with Gasteiger partial charge in [0.2, 0.25) is 0 Å². The van der Waals surface area contributed by atoms with Gasteiger partial charge in [-0.25, -0.2) is 0 Å². The molecule has 1 unspecified atom stereocenters. The normalized spacial score (nSPS) is 14.8. The SMILES string of the molecule is CC(C)C(=O)OC(C)(C)OC(=O)CCCOP(C)(=O)O. The summed E-state index contributed by atoms with van der Waals surface area (Å²) in [6.45, 7) is 7.34. The van der Waals surface area contributed by atoms with Gasteiger partial charge in [0.15, 0.2) is 0 Å². The van der Waals surface area contributed by atoms with Crippen molar-refractivity contribution in [1.82, 2.24) is 0 Å². The Hall–Kier alpha value is -0.910. The monoisotopic (exact) mass is 310 g/mol. The van der Waals surface area contributed by atoms with Gasteiger partial charge in [0.05, 0.1) is 12.5 Å². The van der Waals surface area contributed by atoms with Gasteiger partial charge in [-0.2, -0.15) is 0 Å².